The summed E-state index contributed by atoms with van der Waals surface area (Å²) in [4.78, 5) is 12.0. The van der Waals surface area contributed by atoms with E-state index in [-0.39, 0.29) is 10.8 Å². The summed E-state index contributed by atoms with van der Waals surface area (Å²) in [6.07, 6.45) is 2.65. The molecular formula is C15H22O4S. The van der Waals surface area contributed by atoms with Gasteiger partial charge in [0.25, 0.3) is 0 Å². The molecule has 0 radical (unpaired) electrons. The first-order valence-electron chi connectivity index (χ1n) is 6.71. The third-order valence-corrected chi connectivity index (χ3v) is 4.72. The molecule has 1 unspecified atom stereocenters. The van der Waals surface area contributed by atoms with Gasteiger partial charge in [-0.3, -0.25) is 0 Å². The van der Waals surface area contributed by atoms with Crippen molar-refractivity contribution in [1.29, 1.82) is 0 Å². The van der Waals surface area contributed by atoms with Gasteiger partial charge in [-0.05, 0) is 36.0 Å². The lowest BCUT2D eigenvalue weighted by Crippen LogP contribution is -2.12. The minimum Gasteiger partial charge on any atom is -0.465 e. The fraction of sp³-hybridized carbons (Fsp3) is 0.533. The number of benzene rings is 1. The highest BCUT2D eigenvalue weighted by atomic mass is 32.2. The molecule has 0 fully saturated rings. The Morgan fingerprint density at radius 3 is 2.30 bits per heavy atom. The normalized spacial score (nSPS) is 13.1. The first kappa shape index (κ1) is 16.7. The van der Waals surface area contributed by atoms with Gasteiger partial charge in [-0.15, -0.1) is 0 Å². The number of aryl methyl sites for hydroxylation is 1. The third-order valence-electron chi connectivity index (χ3n) is 3.56. The number of esters is 1. The quantitative estimate of drug-likeness (QED) is 0.784. The topological polar surface area (TPSA) is 60.4 Å². The van der Waals surface area contributed by atoms with Crippen molar-refractivity contribution in [1.82, 2.24) is 0 Å². The molecule has 0 saturated heterocycles. The standard InChI is InChI=1S/C15H22O4S/c1-6-10(3)12-8-11(7-2)13(15(16)19-4)9-14(12)20(5,17)18/h8-10H,6-7H2,1-5H3. The maximum atomic E-state index is 12.0. The van der Waals surface area contributed by atoms with E-state index in [1.165, 1.54) is 19.4 Å². The minimum absolute atomic E-state index is 0.122. The molecule has 1 atom stereocenters. The first-order valence-corrected chi connectivity index (χ1v) is 8.60. The molecule has 0 heterocycles. The lowest BCUT2D eigenvalue weighted by Gasteiger charge is -2.17. The number of carbonyl (C=O) groups excluding carboxylic acids is 1. The molecular weight excluding hydrogens is 276 g/mol. The molecule has 112 valence electrons. The van der Waals surface area contributed by atoms with Gasteiger partial charge in [0.2, 0.25) is 0 Å². The molecule has 4 nitrogen and oxygen atoms in total. The van der Waals surface area contributed by atoms with Crippen LogP contribution < -0.4 is 0 Å². The van der Waals surface area contributed by atoms with Crippen LogP contribution in [-0.2, 0) is 21.0 Å². The number of methoxy groups -OCH3 is 1. The summed E-state index contributed by atoms with van der Waals surface area (Å²) in [6, 6.07) is 3.29. The van der Waals surface area contributed by atoms with Crippen molar-refractivity contribution >= 4 is 15.8 Å². The monoisotopic (exact) mass is 298 g/mol. The number of hydrogen-bond acceptors (Lipinski definition) is 4. The molecule has 0 bridgehead atoms. The number of carbonyl (C=O) groups is 1. The van der Waals surface area contributed by atoms with Gasteiger partial charge >= 0.3 is 5.97 Å². The van der Waals surface area contributed by atoms with E-state index in [1.807, 2.05) is 26.8 Å². The van der Waals surface area contributed by atoms with E-state index in [2.05, 4.69) is 0 Å². The van der Waals surface area contributed by atoms with Gasteiger partial charge in [0.15, 0.2) is 9.84 Å². The largest absolute Gasteiger partial charge is 0.465 e. The highest BCUT2D eigenvalue weighted by Crippen LogP contribution is 2.30. The maximum Gasteiger partial charge on any atom is 0.338 e. The van der Waals surface area contributed by atoms with Crippen molar-refractivity contribution < 1.29 is 17.9 Å². The Bertz CT molecular complexity index is 603. The Kier molecular flexibility index (Phi) is 5.34. The van der Waals surface area contributed by atoms with E-state index in [1.54, 1.807) is 0 Å². The van der Waals surface area contributed by atoms with Gasteiger partial charge in [-0.25, -0.2) is 13.2 Å². The third kappa shape index (κ3) is 3.39. The van der Waals surface area contributed by atoms with Crippen LogP contribution in [0, 0.1) is 0 Å². The van der Waals surface area contributed by atoms with E-state index >= 15 is 0 Å². The summed E-state index contributed by atoms with van der Waals surface area (Å²) in [5, 5.41) is 0. The Morgan fingerprint density at radius 2 is 1.90 bits per heavy atom. The second-order valence-corrected chi connectivity index (χ2v) is 6.96. The zero-order chi connectivity index (χ0) is 15.5. The predicted molar refractivity (Wildman–Crippen MR) is 79.0 cm³/mol. The lowest BCUT2D eigenvalue weighted by molar-refractivity contribution is 0.0599. The number of ether oxygens (including phenoxy) is 1. The molecule has 0 spiro atoms. The summed E-state index contributed by atoms with van der Waals surface area (Å²) < 4.78 is 28.7. The number of rotatable bonds is 5. The van der Waals surface area contributed by atoms with E-state index in [9.17, 15) is 13.2 Å². The highest BCUT2D eigenvalue weighted by molar-refractivity contribution is 7.90. The highest BCUT2D eigenvalue weighted by Gasteiger charge is 2.22. The van der Waals surface area contributed by atoms with Gasteiger partial charge in [0.05, 0.1) is 17.6 Å². The second-order valence-electron chi connectivity index (χ2n) is 4.97. The summed E-state index contributed by atoms with van der Waals surface area (Å²) >= 11 is 0. The van der Waals surface area contributed by atoms with E-state index < -0.39 is 15.8 Å². The Hall–Kier alpha value is -1.36. The molecule has 0 amide bonds. The fourth-order valence-electron chi connectivity index (χ4n) is 2.16. The van der Waals surface area contributed by atoms with Crippen molar-refractivity contribution in [3.8, 4) is 0 Å². The molecule has 1 aromatic rings. The van der Waals surface area contributed by atoms with Crippen LogP contribution in [-0.4, -0.2) is 27.8 Å². The summed E-state index contributed by atoms with van der Waals surface area (Å²) in [6.45, 7) is 5.93. The molecule has 0 N–H and O–H groups in total. The average Bonchev–Trinajstić information content (AvgIpc) is 2.42. The van der Waals surface area contributed by atoms with Crippen LogP contribution in [0.4, 0.5) is 0 Å². The molecule has 1 rings (SSSR count). The first-order chi connectivity index (χ1) is 9.26. The second kappa shape index (κ2) is 6.39. The van der Waals surface area contributed by atoms with Crippen LogP contribution in [0.15, 0.2) is 17.0 Å². The van der Waals surface area contributed by atoms with Crippen LogP contribution in [0.2, 0.25) is 0 Å². The van der Waals surface area contributed by atoms with Crippen molar-refractivity contribution in [2.24, 2.45) is 0 Å². The van der Waals surface area contributed by atoms with Gasteiger partial charge in [-0.2, -0.15) is 0 Å². The molecule has 0 aliphatic carbocycles. The van der Waals surface area contributed by atoms with Crippen LogP contribution >= 0.6 is 0 Å². The molecule has 0 aromatic heterocycles. The van der Waals surface area contributed by atoms with Gasteiger partial charge < -0.3 is 4.74 Å². The van der Waals surface area contributed by atoms with Crippen molar-refractivity contribution in [2.45, 2.75) is 44.4 Å². The van der Waals surface area contributed by atoms with Crippen molar-refractivity contribution in [3.05, 3.63) is 28.8 Å². The molecule has 5 heteroatoms. The molecule has 0 saturated carbocycles. The zero-order valence-electron chi connectivity index (χ0n) is 12.7. The van der Waals surface area contributed by atoms with E-state index in [0.29, 0.717) is 12.0 Å². The summed E-state index contributed by atoms with van der Waals surface area (Å²) in [7, 11) is -2.09. The van der Waals surface area contributed by atoms with Crippen molar-refractivity contribution in [3.63, 3.8) is 0 Å². The Morgan fingerprint density at radius 1 is 1.30 bits per heavy atom. The van der Waals surface area contributed by atoms with Crippen LogP contribution in [0.5, 0.6) is 0 Å². The van der Waals surface area contributed by atoms with Crippen LogP contribution in [0.3, 0.4) is 0 Å². The summed E-state index contributed by atoms with van der Waals surface area (Å²) in [5.74, 6) is -0.376. The molecule has 20 heavy (non-hydrogen) atoms. The maximum absolute atomic E-state index is 12.0. The Labute approximate surface area is 121 Å². The van der Waals surface area contributed by atoms with Crippen LogP contribution in [0.25, 0.3) is 0 Å². The zero-order valence-corrected chi connectivity index (χ0v) is 13.5. The van der Waals surface area contributed by atoms with Crippen LogP contribution in [0.1, 0.15) is 54.6 Å². The summed E-state index contributed by atoms with van der Waals surface area (Å²) in [5.41, 5.74) is 1.93. The minimum atomic E-state index is -3.39. The van der Waals surface area contributed by atoms with Crippen molar-refractivity contribution in [2.75, 3.05) is 13.4 Å². The molecule has 0 aliphatic rings. The number of hydrogen-bond donors (Lipinski definition) is 0. The van der Waals surface area contributed by atoms with Gasteiger partial charge in [0.1, 0.15) is 0 Å². The molecule has 0 aliphatic heterocycles. The average molecular weight is 298 g/mol. The Balaban J connectivity index is 3.66. The van der Waals surface area contributed by atoms with E-state index in [4.69, 9.17) is 4.74 Å². The van der Waals surface area contributed by atoms with Gasteiger partial charge in [-0.1, -0.05) is 26.8 Å². The van der Waals surface area contributed by atoms with E-state index in [0.717, 1.165) is 17.5 Å². The van der Waals surface area contributed by atoms with Gasteiger partial charge in [0, 0.05) is 6.26 Å². The number of sulfone groups is 1. The molecule has 1 aromatic carbocycles. The fourth-order valence-corrected chi connectivity index (χ4v) is 3.18. The predicted octanol–water partition coefficient (Wildman–Crippen LogP) is 2.95. The smallest absolute Gasteiger partial charge is 0.338 e. The lowest BCUT2D eigenvalue weighted by atomic mass is 9.93. The SMILES string of the molecule is CCc1cc(C(C)CC)c(S(C)(=O)=O)cc1C(=O)OC.